The molecule has 2 unspecified atom stereocenters. The molecule has 1 aromatic carbocycles. The van der Waals surface area contributed by atoms with Gasteiger partial charge in [0, 0.05) is 17.5 Å². The Balaban J connectivity index is 0.00000324. The van der Waals surface area contributed by atoms with Crippen molar-refractivity contribution in [1.29, 1.82) is 0 Å². The molecule has 0 spiro atoms. The molecule has 0 heterocycles. The lowest BCUT2D eigenvalue weighted by Gasteiger charge is -2.28. The Hall–Kier alpha value is -1.32. The Kier molecular flexibility index (Phi) is 7.42. The van der Waals surface area contributed by atoms with Crippen molar-refractivity contribution in [2.45, 2.75) is 25.8 Å². The number of aliphatic carboxylic acids is 1. The first-order valence-electron chi connectivity index (χ1n) is 6.06. The summed E-state index contributed by atoms with van der Waals surface area (Å²) in [6.07, 6.45) is 1.84. The summed E-state index contributed by atoms with van der Waals surface area (Å²) >= 11 is 0. The number of likely N-dealkylation sites (N-methyl/N-ethyl adjacent to an activating group) is 1. The zero-order valence-corrected chi connectivity index (χ0v) is 12.6. The van der Waals surface area contributed by atoms with Gasteiger partial charge in [-0.15, -0.1) is 12.4 Å². The number of benzene rings is 1. The van der Waals surface area contributed by atoms with Crippen LogP contribution in [0.2, 0.25) is 0 Å². The van der Waals surface area contributed by atoms with Crippen molar-refractivity contribution in [3.05, 3.63) is 47.5 Å². The van der Waals surface area contributed by atoms with Crippen molar-refractivity contribution in [3.63, 3.8) is 0 Å². The Labute approximate surface area is 121 Å². The maximum Gasteiger partial charge on any atom is 0.330 e. The summed E-state index contributed by atoms with van der Waals surface area (Å²) in [6.45, 7) is 3.74. The number of rotatable bonds is 5. The topological polar surface area (TPSA) is 40.5 Å². The van der Waals surface area contributed by atoms with Crippen LogP contribution in [0.15, 0.2) is 42.0 Å². The maximum absolute atomic E-state index is 11.0. The Morgan fingerprint density at radius 3 is 2.21 bits per heavy atom. The molecule has 0 saturated heterocycles. The van der Waals surface area contributed by atoms with Crippen LogP contribution in [0, 0.1) is 0 Å². The average Bonchev–Trinajstić information content (AvgIpc) is 2.35. The molecule has 4 heteroatoms. The van der Waals surface area contributed by atoms with E-state index in [1.807, 2.05) is 50.5 Å². The van der Waals surface area contributed by atoms with Crippen LogP contribution < -0.4 is 0 Å². The zero-order valence-electron chi connectivity index (χ0n) is 11.8. The molecule has 0 fully saturated rings. The normalized spacial score (nSPS) is 14.7. The minimum Gasteiger partial charge on any atom is -0.478 e. The van der Waals surface area contributed by atoms with Crippen molar-refractivity contribution in [2.75, 3.05) is 14.1 Å². The fourth-order valence-corrected chi connectivity index (χ4v) is 1.85. The van der Waals surface area contributed by atoms with Gasteiger partial charge in [-0.3, -0.25) is 0 Å². The summed E-state index contributed by atoms with van der Waals surface area (Å²) in [5, 5.41) is 9.02. The highest BCUT2D eigenvalue weighted by molar-refractivity contribution is 5.86. The predicted molar refractivity (Wildman–Crippen MR) is 81.0 cm³/mol. The molecule has 106 valence electrons. The predicted octanol–water partition coefficient (Wildman–Crippen LogP) is 3.17. The second kappa shape index (κ2) is 7.97. The highest BCUT2D eigenvalue weighted by atomic mass is 35.5. The summed E-state index contributed by atoms with van der Waals surface area (Å²) in [5.74, 6) is -0.779. The number of carbonyl (C=O) groups is 1. The third kappa shape index (κ3) is 5.05. The second-order valence-corrected chi connectivity index (χ2v) is 4.80. The molecular weight excluding hydrogens is 262 g/mol. The summed E-state index contributed by atoms with van der Waals surface area (Å²) in [4.78, 5) is 13.1. The highest BCUT2D eigenvalue weighted by Crippen LogP contribution is 2.25. The lowest BCUT2D eigenvalue weighted by molar-refractivity contribution is -0.132. The molecule has 0 aliphatic heterocycles. The van der Waals surface area contributed by atoms with Crippen LogP contribution in [0.5, 0.6) is 0 Å². The monoisotopic (exact) mass is 283 g/mol. The highest BCUT2D eigenvalue weighted by Gasteiger charge is 2.20. The molecule has 19 heavy (non-hydrogen) atoms. The molecule has 1 N–H and O–H groups in total. The number of nitrogens with zero attached hydrogens (tertiary/aromatic N) is 1. The average molecular weight is 284 g/mol. The van der Waals surface area contributed by atoms with Gasteiger partial charge in [0.05, 0.1) is 0 Å². The lowest BCUT2D eigenvalue weighted by atomic mass is 9.90. The summed E-state index contributed by atoms with van der Waals surface area (Å²) in [5.41, 5.74) is 1.52. The van der Waals surface area contributed by atoms with E-state index in [1.54, 1.807) is 6.92 Å². The minimum atomic E-state index is -0.859. The van der Waals surface area contributed by atoms with Gasteiger partial charge in [0.25, 0.3) is 0 Å². The van der Waals surface area contributed by atoms with Crippen LogP contribution in [-0.4, -0.2) is 36.1 Å². The zero-order chi connectivity index (χ0) is 13.7. The van der Waals surface area contributed by atoms with Crippen LogP contribution in [0.25, 0.3) is 0 Å². The standard InChI is InChI=1S/C15H21NO2.ClH/c1-11(15(17)18)10-14(12(2)16(3)4)13-8-6-5-7-9-13;/h5-10,12,14H,1-4H3,(H,17,18);1H. The van der Waals surface area contributed by atoms with Gasteiger partial charge in [-0.1, -0.05) is 36.4 Å². The van der Waals surface area contributed by atoms with Crippen molar-refractivity contribution in [1.82, 2.24) is 4.90 Å². The number of carboxylic acid groups (broad SMARTS) is 1. The van der Waals surface area contributed by atoms with Gasteiger partial charge in [-0.25, -0.2) is 4.79 Å². The van der Waals surface area contributed by atoms with E-state index in [-0.39, 0.29) is 24.4 Å². The molecule has 0 aromatic heterocycles. The first-order chi connectivity index (χ1) is 8.43. The molecule has 1 aromatic rings. The van der Waals surface area contributed by atoms with E-state index >= 15 is 0 Å². The van der Waals surface area contributed by atoms with Gasteiger partial charge in [0.1, 0.15) is 0 Å². The molecule has 0 radical (unpaired) electrons. The van der Waals surface area contributed by atoms with E-state index in [9.17, 15) is 4.79 Å². The molecule has 0 aliphatic carbocycles. The smallest absolute Gasteiger partial charge is 0.330 e. The van der Waals surface area contributed by atoms with Gasteiger partial charge in [-0.2, -0.15) is 0 Å². The SMILES string of the molecule is CC(=CC(c1ccccc1)C(C)N(C)C)C(=O)O.Cl. The molecule has 0 aliphatic rings. The first kappa shape index (κ1) is 17.7. The molecule has 3 nitrogen and oxygen atoms in total. The van der Waals surface area contributed by atoms with Gasteiger partial charge < -0.3 is 10.0 Å². The number of halogens is 1. The molecule has 0 saturated carbocycles. The number of hydrogen-bond donors (Lipinski definition) is 1. The second-order valence-electron chi connectivity index (χ2n) is 4.80. The fraction of sp³-hybridized carbons (Fsp3) is 0.400. The fourth-order valence-electron chi connectivity index (χ4n) is 1.85. The van der Waals surface area contributed by atoms with E-state index in [4.69, 9.17) is 5.11 Å². The third-order valence-corrected chi connectivity index (χ3v) is 3.29. The van der Waals surface area contributed by atoms with Gasteiger partial charge in [0.2, 0.25) is 0 Å². The Bertz CT molecular complexity index is 429. The first-order valence-corrected chi connectivity index (χ1v) is 6.06. The molecule has 0 amide bonds. The molecule has 2 atom stereocenters. The molecule has 1 rings (SSSR count). The van der Waals surface area contributed by atoms with Crippen LogP contribution >= 0.6 is 12.4 Å². The van der Waals surface area contributed by atoms with Gasteiger partial charge >= 0.3 is 5.97 Å². The maximum atomic E-state index is 11.0. The quantitative estimate of drug-likeness (QED) is 0.844. The summed E-state index contributed by atoms with van der Waals surface area (Å²) in [7, 11) is 4.01. The minimum absolute atomic E-state index is 0. The van der Waals surface area contributed by atoms with E-state index in [1.165, 1.54) is 0 Å². The summed E-state index contributed by atoms with van der Waals surface area (Å²) < 4.78 is 0. The van der Waals surface area contributed by atoms with Crippen molar-refractivity contribution in [3.8, 4) is 0 Å². The molecule has 0 bridgehead atoms. The van der Waals surface area contributed by atoms with E-state index in [2.05, 4.69) is 11.8 Å². The third-order valence-electron chi connectivity index (χ3n) is 3.29. The van der Waals surface area contributed by atoms with E-state index in [0.29, 0.717) is 5.57 Å². The Morgan fingerprint density at radius 2 is 1.79 bits per heavy atom. The van der Waals surface area contributed by atoms with Crippen molar-refractivity contribution < 1.29 is 9.90 Å². The van der Waals surface area contributed by atoms with Crippen LogP contribution in [0.3, 0.4) is 0 Å². The van der Waals surface area contributed by atoms with Crippen LogP contribution in [-0.2, 0) is 4.79 Å². The van der Waals surface area contributed by atoms with Crippen molar-refractivity contribution in [2.24, 2.45) is 0 Å². The van der Waals surface area contributed by atoms with Gasteiger partial charge in [-0.05, 0) is 33.5 Å². The van der Waals surface area contributed by atoms with E-state index in [0.717, 1.165) is 5.56 Å². The molecular formula is C15H22ClNO2. The summed E-state index contributed by atoms with van der Waals surface area (Å²) in [6, 6.07) is 10.2. The number of carboxylic acids is 1. The lowest BCUT2D eigenvalue weighted by Crippen LogP contribution is -2.30. The van der Waals surface area contributed by atoms with Gasteiger partial charge in [0.15, 0.2) is 0 Å². The van der Waals surface area contributed by atoms with Crippen LogP contribution in [0.4, 0.5) is 0 Å². The number of hydrogen-bond acceptors (Lipinski definition) is 2. The van der Waals surface area contributed by atoms with E-state index < -0.39 is 5.97 Å². The Morgan fingerprint density at radius 1 is 1.26 bits per heavy atom. The largest absolute Gasteiger partial charge is 0.478 e. The van der Waals surface area contributed by atoms with Crippen LogP contribution in [0.1, 0.15) is 25.3 Å². The van der Waals surface area contributed by atoms with Crippen molar-refractivity contribution >= 4 is 18.4 Å².